The van der Waals surface area contributed by atoms with Crippen LogP contribution >= 0.6 is 0 Å². The number of ether oxygens (including phenoxy) is 1. The van der Waals surface area contributed by atoms with Gasteiger partial charge in [-0.2, -0.15) is 0 Å². The summed E-state index contributed by atoms with van der Waals surface area (Å²) in [5.41, 5.74) is 0. The van der Waals surface area contributed by atoms with E-state index >= 15 is 0 Å². The van der Waals surface area contributed by atoms with E-state index in [-0.39, 0.29) is 5.92 Å². The molecule has 2 atom stereocenters. The molecule has 0 unspecified atom stereocenters. The molecule has 1 fully saturated rings. The molecule has 1 aliphatic rings. The first-order valence-corrected chi connectivity index (χ1v) is 3.43. The fourth-order valence-corrected chi connectivity index (χ4v) is 1.15. The van der Waals surface area contributed by atoms with Crippen LogP contribution in [0.5, 0.6) is 0 Å². The molecule has 1 aliphatic heterocycles. The molecule has 54 valence electrons. The molecular weight excluding hydrogens is 119 g/mol. The second kappa shape index (κ2) is 2.65. The van der Waals surface area contributed by atoms with E-state index in [0.29, 0.717) is 19.1 Å². The van der Waals surface area contributed by atoms with Gasteiger partial charge in [-0.05, 0) is 5.92 Å². The standard InChI is InChI=1S/C7H13FO/c1-5(2)6-3-9-4-7(6)8/h5-7H,3-4H2,1-2H3/t6-,7-/m0/s1. The van der Waals surface area contributed by atoms with Gasteiger partial charge in [0.15, 0.2) is 0 Å². The molecule has 0 amide bonds. The van der Waals surface area contributed by atoms with E-state index in [1.165, 1.54) is 0 Å². The first kappa shape index (κ1) is 7.00. The van der Waals surface area contributed by atoms with Crippen molar-refractivity contribution >= 4 is 0 Å². The molecule has 0 aliphatic carbocycles. The lowest BCUT2D eigenvalue weighted by molar-refractivity contribution is 0.170. The smallest absolute Gasteiger partial charge is 0.129 e. The summed E-state index contributed by atoms with van der Waals surface area (Å²) in [7, 11) is 0. The first-order valence-electron chi connectivity index (χ1n) is 3.43. The van der Waals surface area contributed by atoms with Crippen molar-refractivity contribution in [3.8, 4) is 0 Å². The molecule has 1 rings (SSSR count). The monoisotopic (exact) mass is 132 g/mol. The molecule has 0 radical (unpaired) electrons. The van der Waals surface area contributed by atoms with Gasteiger partial charge in [0.05, 0.1) is 13.2 Å². The Morgan fingerprint density at radius 2 is 2.11 bits per heavy atom. The highest BCUT2D eigenvalue weighted by Crippen LogP contribution is 2.23. The van der Waals surface area contributed by atoms with E-state index in [9.17, 15) is 4.39 Å². The number of rotatable bonds is 1. The van der Waals surface area contributed by atoms with Crippen LogP contribution in [0.15, 0.2) is 0 Å². The van der Waals surface area contributed by atoms with Gasteiger partial charge in [0.2, 0.25) is 0 Å². The van der Waals surface area contributed by atoms with Gasteiger partial charge in [-0.1, -0.05) is 13.8 Å². The summed E-state index contributed by atoms with van der Waals surface area (Å²) in [5.74, 6) is 0.562. The summed E-state index contributed by atoms with van der Waals surface area (Å²) in [4.78, 5) is 0. The maximum atomic E-state index is 12.7. The van der Waals surface area contributed by atoms with E-state index < -0.39 is 6.17 Å². The van der Waals surface area contributed by atoms with Crippen molar-refractivity contribution in [2.24, 2.45) is 11.8 Å². The summed E-state index contributed by atoms with van der Waals surface area (Å²) < 4.78 is 17.7. The first-order chi connectivity index (χ1) is 4.22. The van der Waals surface area contributed by atoms with Gasteiger partial charge in [0, 0.05) is 5.92 Å². The van der Waals surface area contributed by atoms with E-state index in [0.717, 1.165) is 0 Å². The molecule has 0 N–H and O–H groups in total. The lowest BCUT2D eigenvalue weighted by Crippen LogP contribution is -2.18. The van der Waals surface area contributed by atoms with E-state index in [4.69, 9.17) is 4.74 Å². The van der Waals surface area contributed by atoms with Gasteiger partial charge in [0.1, 0.15) is 6.17 Å². The Hall–Kier alpha value is -0.110. The Bertz CT molecular complexity index is 92.9. The van der Waals surface area contributed by atoms with Crippen LogP contribution in [-0.4, -0.2) is 19.4 Å². The molecule has 0 bridgehead atoms. The maximum Gasteiger partial charge on any atom is 0.129 e. The summed E-state index contributed by atoms with van der Waals surface area (Å²) in [6.45, 7) is 4.99. The summed E-state index contributed by atoms with van der Waals surface area (Å²) in [6.07, 6.45) is -0.718. The third kappa shape index (κ3) is 1.42. The van der Waals surface area contributed by atoms with Gasteiger partial charge < -0.3 is 4.74 Å². The summed E-state index contributed by atoms with van der Waals surface area (Å²) >= 11 is 0. The molecule has 0 saturated carbocycles. The predicted octanol–water partition coefficient (Wildman–Crippen LogP) is 1.63. The summed E-state index contributed by atoms with van der Waals surface area (Å²) in [6, 6.07) is 0. The minimum atomic E-state index is -0.718. The fourth-order valence-electron chi connectivity index (χ4n) is 1.15. The average molecular weight is 132 g/mol. The molecule has 0 aromatic carbocycles. The van der Waals surface area contributed by atoms with E-state index in [1.54, 1.807) is 0 Å². The molecule has 0 spiro atoms. The van der Waals surface area contributed by atoms with Crippen molar-refractivity contribution in [2.45, 2.75) is 20.0 Å². The molecule has 0 aromatic heterocycles. The lowest BCUT2D eigenvalue weighted by atomic mass is 9.94. The molecule has 1 nitrogen and oxygen atoms in total. The maximum absolute atomic E-state index is 12.7. The van der Waals surface area contributed by atoms with Crippen LogP contribution < -0.4 is 0 Å². The highest BCUT2D eigenvalue weighted by molar-refractivity contribution is 4.76. The lowest BCUT2D eigenvalue weighted by Gasteiger charge is -2.13. The molecule has 0 aromatic rings. The van der Waals surface area contributed by atoms with Crippen molar-refractivity contribution < 1.29 is 9.13 Å². The minimum absolute atomic E-state index is 0.144. The quantitative estimate of drug-likeness (QED) is 0.527. The summed E-state index contributed by atoms with van der Waals surface area (Å²) in [5, 5.41) is 0. The third-order valence-electron chi connectivity index (χ3n) is 1.91. The Labute approximate surface area is 55.2 Å². The second-order valence-corrected chi connectivity index (χ2v) is 2.96. The average Bonchev–Trinajstić information content (AvgIpc) is 2.13. The van der Waals surface area contributed by atoms with Crippen molar-refractivity contribution in [1.29, 1.82) is 0 Å². The third-order valence-corrected chi connectivity index (χ3v) is 1.91. The van der Waals surface area contributed by atoms with Crippen LogP contribution in [0.2, 0.25) is 0 Å². The van der Waals surface area contributed by atoms with Gasteiger partial charge in [0.25, 0.3) is 0 Å². The van der Waals surface area contributed by atoms with Gasteiger partial charge in [-0.15, -0.1) is 0 Å². The number of alkyl halides is 1. The molecule has 1 saturated heterocycles. The zero-order chi connectivity index (χ0) is 6.85. The van der Waals surface area contributed by atoms with Gasteiger partial charge in [-0.25, -0.2) is 4.39 Å². The van der Waals surface area contributed by atoms with Crippen LogP contribution in [0.3, 0.4) is 0 Å². The molecule has 2 heteroatoms. The van der Waals surface area contributed by atoms with Gasteiger partial charge in [-0.3, -0.25) is 0 Å². The Morgan fingerprint density at radius 3 is 2.33 bits per heavy atom. The molecular formula is C7H13FO. The SMILES string of the molecule is CC(C)[C@@H]1COC[C@@H]1F. The largest absolute Gasteiger partial charge is 0.378 e. The zero-order valence-corrected chi connectivity index (χ0v) is 5.93. The van der Waals surface area contributed by atoms with Crippen molar-refractivity contribution in [1.82, 2.24) is 0 Å². The van der Waals surface area contributed by atoms with Crippen molar-refractivity contribution in [2.75, 3.05) is 13.2 Å². The Kier molecular flexibility index (Phi) is 2.06. The van der Waals surface area contributed by atoms with Crippen molar-refractivity contribution in [3.05, 3.63) is 0 Å². The Balaban J connectivity index is 2.40. The van der Waals surface area contributed by atoms with E-state index in [2.05, 4.69) is 0 Å². The number of hydrogen-bond donors (Lipinski definition) is 0. The van der Waals surface area contributed by atoms with E-state index in [1.807, 2.05) is 13.8 Å². The molecule has 1 heterocycles. The highest BCUT2D eigenvalue weighted by Gasteiger charge is 2.29. The molecule has 9 heavy (non-hydrogen) atoms. The zero-order valence-electron chi connectivity index (χ0n) is 5.93. The van der Waals surface area contributed by atoms with Crippen LogP contribution in [0.1, 0.15) is 13.8 Å². The Morgan fingerprint density at radius 1 is 1.44 bits per heavy atom. The number of hydrogen-bond acceptors (Lipinski definition) is 1. The second-order valence-electron chi connectivity index (χ2n) is 2.96. The minimum Gasteiger partial charge on any atom is -0.378 e. The topological polar surface area (TPSA) is 9.23 Å². The van der Waals surface area contributed by atoms with Crippen LogP contribution in [-0.2, 0) is 4.74 Å². The normalized spacial score (nSPS) is 36.0. The van der Waals surface area contributed by atoms with Crippen molar-refractivity contribution in [3.63, 3.8) is 0 Å². The fraction of sp³-hybridized carbons (Fsp3) is 1.00. The van der Waals surface area contributed by atoms with Gasteiger partial charge >= 0.3 is 0 Å². The number of halogens is 1. The van der Waals surface area contributed by atoms with Crippen LogP contribution in [0.25, 0.3) is 0 Å². The van der Waals surface area contributed by atoms with Crippen LogP contribution in [0.4, 0.5) is 4.39 Å². The highest BCUT2D eigenvalue weighted by atomic mass is 19.1. The predicted molar refractivity (Wildman–Crippen MR) is 34.0 cm³/mol. The van der Waals surface area contributed by atoms with Crippen LogP contribution in [0, 0.1) is 11.8 Å².